The Kier molecular flexibility index (Phi) is 4.98. The van der Waals surface area contributed by atoms with E-state index < -0.39 is 0 Å². The van der Waals surface area contributed by atoms with E-state index in [2.05, 4.69) is 26.5 Å². The van der Waals surface area contributed by atoms with E-state index in [0.29, 0.717) is 12.5 Å². The minimum atomic E-state index is 0.579. The third-order valence-corrected chi connectivity index (χ3v) is 2.96. The number of hydrogen-bond donors (Lipinski definition) is 1. The first-order valence-corrected chi connectivity index (χ1v) is 6.86. The van der Waals surface area contributed by atoms with Gasteiger partial charge in [0.25, 0.3) is 0 Å². The van der Waals surface area contributed by atoms with Crippen molar-refractivity contribution in [3.8, 4) is 0 Å². The zero-order valence-electron chi connectivity index (χ0n) is 10.6. The lowest BCUT2D eigenvalue weighted by Crippen LogP contribution is -2.09. The van der Waals surface area contributed by atoms with Crippen molar-refractivity contribution in [1.29, 1.82) is 0 Å². The van der Waals surface area contributed by atoms with Gasteiger partial charge in [0, 0.05) is 10.0 Å². The van der Waals surface area contributed by atoms with Gasteiger partial charge in [0.2, 0.25) is 5.90 Å². The summed E-state index contributed by atoms with van der Waals surface area (Å²) in [7, 11) is 0. The highest BCUT2D eigenvalue weighted by atomic mass is 79.9. The van der Waals surface area contributed by atoms with Crippen LogP contribution < -0.4 is 5.43 Å². The maximum Gasteiger partial charge on any atom is 0.238 e. The van der Waals surface area contributed by atoms with Crippen molar-refractivity contribution < 1.29 is 4.74 Å². The molecule has 2 rings (SSSR count). The second-order valence-corrected chi connectivity index (χ2v) is 4.75. The fourth-order valence-electron chi connectivity index (χ4n) is 1.54. The van der Waals surface area contributed by atoms with Crippen LogP contribution in [0.1, 0.15) is 12.5 Å². The van der Waals surface area contributed by atoms with Crippen LogP contribution in [0.15, 0.2) is 64.2 Å². The van der Waals surface area contributed by atoms with Gasteiger partial charge in [-0.1, -0.05) is 34.1 Å². The molecule has 0 aliphatic carbocycles. The highest BCUT2D eigenvalue weighted by Gasteiger charge is 2.03. The summed E-state index contributed by atoms with van der Waals surface area (Å²) in [5.74, 6) is 0.589. The van der Waals surface area contributed by atoms with Gasteiger partial charge in [0.15, 0.2) is 0 Å². The van der Waals surface area contributed by atoms with Gasteiger partial charge in [-0.3, -0.25) is 5.43 Å². The zero-order valence-corrected chi connectivity index (χ0v) is 12.2. The summed E-state index contributed by atoms with van der Waals surface area (Å²) in [5, 5.41) is 4.31. The molecule has 0 radical (unpaired) electrons. The quantitative estimate of drug-likeness (QED) is 0.519. The molecule has 19 heavy (non-hydrogen) atoms. The Morgan fingerprint density at radius 1 is 1.11 bits per heavy atom. The molecular formula is C15H15BrN2O. The summed E-state index contributed by atoms with van der Waals surface area (Å²) in [6.45, 7) is 2.52. The Balaban J connectivity index is 2.15. The van der Waals surface area contributed by atoms with Crippen molar-refractivity contribution in [3.63, 3.8) is 0 Å². The predicted molar refractivity (Wildman–Crippen MR) is 82.4 cm³/mol. The molecule has 98 valence electrons. The maximum atomic E-state index is 5.55. The molecule has 0 saturated carbocycles. The molecule has 4 heteroatoms. The van der Waals surface area contributed by atoms with Crippen LogP contribution in [0.2, 0.25) is 0 Å². The summed E-state index contributed by atoms with van der Waals surface area (Å²) in [6.07, 6.45) is 0. The lowest BCUT2D eigenvalue weighted by atomic mass is 10.2. The molecule has 0 amide bonds. The average molecular weight is 319 g/mol. The Morgan fingerprint density at radius 3 is 2.42 bits per heavy atom. The Morgan fingerprint density at radius 2 is 1.79 bits per heavy atom. The van der Waals surface area contributed by atoms with Crippen molar-refractivity contribution in [2.75, 3.05) is 12.0 Å². The normalized spacial score (nSPS) is 11.2. The molecule has 0 aromatic heterocycles. The Bertz CT molecular complexity index is 538. The standard InChI is InChI=1S/C15H15BrN2O/c1-2-19-15(12-6-4-3-5-7-12)18-17-14-10-8-13(16)9-11-14/h3-11,17H,2H2,1H3. The molecule has 0 saturated heterocycles. The number of anilines is 1. The van der Waals surface area contributed by atoms with Crippen LogP contribution in [-0.4, -0.2) is 12.5 Å². The molecule has 0 unspecified atom stereocenters. The average Bonchev–Trinajstić information content (AvgIpc) is 2.46. The Labute approximate surface area is 121 Å². The number of hydrazone groups is 1. The second-order valence-electron chi connectivity index (χ2n) is 3.83. The van der Waals surface area contributed by atoms with E-state index in [1.54, 1.807) is 0 Å². The minimum Gasteiger partial charge on any atom is -0.477 e. The van der Waals surface area contributed by atoms with Crippen LogP contribution in [0.4, 0.5) is 5.69 Å². The van der Waals surface area contributed by atoms with E-state index >= 15 is 0 Å². The van der Waals surface area contributed by atoms with Gasteiger partial charge < -0.3 is 4.74 Å². The van der Waals surface area contributed by atoms with Gasteiger partial charge in [0.05, 0.1) is 12.3 Å². The number of rotatable bonds is 4. The molecule has 2 aromatic rings. The first kappa shape index (κ1) is 13.6. The van der Waals surface area contributed by atoms with E-state index in [0.717, 1.165) is 15.7 Å². The monoisotopic (exact) mass is 318 g/mol. The van der Waals surface area contributed by atoms with Crippen LogP contribution in [0.5, 0.6) is 0 Å². The summed E-state index contributed by atoms with van der Waals surface area (Å²) >= 11 is 3.40. The Hall–Kier alpha value is -1.81. The van der Waals surface area contributed by atoms with E-state index in [1.165, 1.54) is 0 Å². The predicted octanol–water partition coefficient (Wildman–Crippen LogP) is 4.26. The second kappa shape index (κ2) is 6.95. The molecule has 0 aliphatic rings. The maximum absolute atomic E-state index is 5.55. The summed E-state index contributed by atoms with van der Waals surface area (Å²) in [5.41, 5.74) is 4.86. The first-order valence-electron chi connectivity index (χ1n) is 6.07. The number of nitrogens with zero attached hydrogens (tertiary/aromatic N) is 1. The van der Waals surface area contributed by atoms with Gasteiger partial charge >= 0.3 is 0 Å². The molecule has 0 aliphatic heterocycles. The topological polar surface area (TPSA) is 33.6 Å². The van der Waals surface area contributed by atoms with Crippen molar-refractivity contribution in [1.82, 2.24) is 0 Å². The van der Waals surface area contributed by atoms with E-state index in [-0.39, 0.29) is 0 Å². The highest BCUT2D eigenvalue weighted by Crippen LogP contribution is 2.14. The summed E-state index contributed by atoms with van der Waals surface area (Å²) in [4.78, 5) is 0. The van der Waals surface area contributed by atoms with Crippen molar-refractivity contribution >= 4 is 27.5 Å². The zero-order chi connectivity index (χ0) is 13.5. The van der Waals surface area contributed by atoms with Crippen molar-refractivity contribution in [2.45, 2.75) is 6.92 Å². The molecule has 0 heterocycles. The van der Waals surface area contributed by atoms with E-state index in [4.69, 9.17) is 4.74 Å². The van der Waals surface area contributed by atoms with Crippen molar-refractivity contribution in [3.05, 3.63) is 64.6 Å². The number of benzene rings is 2. The first-order chi connectivity index (χ1) is 9.29. The van der Waals surface area contributed by atoms with E-state index in [9.17, 15) is 0 Å². The van der Waals surface area contributed by atoms with Crippen LogP contribution in [0.25, 0.3) is 0 Å². The smallest absolute Gasteiger partial charge is 0.238 e. The highest BCUT2D eigenvalue weighted by molar-refractivity contribution is 9.10. The lowest BCUT2D eigenvalue weighted by Gasteiger charge is -2.08. The molecule has 0 atom stereocenters. The molecule has 0 spiro atoms. The molecule has 1 N–H and O–H groups in total. The molecule has 0 bridgehead atoms. The number of nitrogens with one attached hydrogen (secondary N) is 1. The molecular weight excluding hydrogens is 304 g/mol. The summed E-state index contributed by atoms with van der Waals surface area (Å²) < 4.78 is 6.59. The van der Waals surface area contributed by atoms with Crippen LogP contribution in [-0.2, 0) is 4.74 Å². The minimum absolute atomic E-state index is 0.579. The lowest BCUT2D eigenvalue weighted by molar-refractivity contribution is 0.328. The fourth-order valence-corrected chi connectivity index (χ4v) is 1.80. The number of ether oxygens (including phenoxy) is 1. The van der Waals surface area contributed by atoms with Crippen LogP contribution in [0, 0.1) is 0 Å². The number of hydrogen-bond acceptors (Lipinski definition) is 3. The fraction of sp³-hybridized carbons (Fsp3) is 0.133. The largest absolute Gasteiger partial charge is 0.477 e. The van der Waals surface area contributed by atoms with Gasteiger partial charge in [-0.25, -0.2) is 0 Å². The molecule has 0 fully saturated rings. The molecule has 3 nitrogen and oxygen atoms in total. The van der Waals surface area contributed by atoms with Crippen molar-refractivity contribution in [2.24, 2.45) is 5.10 Å². The van der Waals surface area contributed by atoms with Gasteiger partial charge in [-0.15, -0.1) is 5.10 Å². The number of halogens is 1. The van der Waals surface area contributed by atoms with Gasteiger partial charge in [-0.2, -0.15) is 0 Å². The SMILES string of the molecule is CCOC(=NNc1ccc(Br)cc1)c1ccccc1. The van der Waals surface area contributed by atoms with Gasteiger partial charge in [0.1, 0.15) is 0 Å². The summed E-state index contributed by atoms with van der Waals surface area (Å²) in [6, 6.07) is 17.6. The third kappa shape index (κ3) is 4.10. The van der Waals surface area contributed by atoms with Gasteiger partial charge in [-0.05, 0) is 43.3 Å². The molecule has 2 aromatic carbocycles. The van der Waals surface area contributed by atoms with Crippen LogP contribution in [0.3, 0.4) is 0 Å². The van der Waals surface area contributed by atoms with E-state index in [1.807, 2.05) is 61.5 Å². The van der Waals surface area contributed by atoms with Crippen LogP contribution >= 0.6 is 15.9 Å². The third-order valence-electron chi connectivity index (χ3n) is 2.43.